The highest BCUT2D eigenvalue weighted by atomic mass is 16.5. The summed E-state index contributed by atoms with van der Waals surface area (Å²) in [5, 5.41) is 0. The Kier molecular flexibility index (Phi) is 4.50. The van der Waals surface area contributed by atoms with Crippen LogP contribution in [0.5, 0.6) is 0 Å². The molecule has 0 fully saturated rings. The molecule has 0 saturated carbocycles. The fraction of sp³-hybridized carbons (Fsp3) is 0.286. The molecule has 0 aromatic heterocycles. The minimum Gasteiger partial charge on any atom is -0.435 e. The second kappa shape index (κ2) is 5.09. The number of carbonyl (C=O) groups excluding carboxylic acids is 1. The second-order valence-electron chi connectivity index (χ2n) is 1.46. The van der Waals surface area contributed by atoms with E-state index in [1.807, 2.05) is 13.0 Å². The van der Waals surface area contributed by atoms with E-state index in [4.69, 9.17) is 0 Å². The minimum absolute atomic E-state index is 0.296. The first-order valence-corrected chi connectivity index (χ1v) is 2.72. The van der Waals surface area contributed by atoms with Gasteiger partial charge in [0.05, 0.1) is 6.26 Å². The minimum atomic E-state index is -0.296. The lowest BCUT2D eigenvalue weighted by molar-refractivity contribution is -0.135. The number of esters is 1. The van der Waals surface area contributed by atoms with Crippen molar-refractivity contribution in [2.24, 2.45) is 0 Å². The lowest BCUT2D eigenvalue weighted by Crippen LogP contribution is -1.88. The number of carbonyl (C=O) groups is 1. The summed E-state index contributed by atoms with van der Waals surface area (Å²) in [6.45, 7) is 3.25. The Labute approximate surface area is 54.8 Å². The average molecular weight is 126 g/mol. The van der Waals surface area contributed by atoms with Crippen molar-refractivity contribution in [3.05, 3.63) is 24.5 Å². The van der Waals surface area contributed by atoms with E-state index in [-0.39, 0.29) is 5.97 Å². The summed E-state index contributed by atoms with van der Waals surface area (Å²) in [6, 6.07) is 0. The Morgan fingerprint density at radius 1 is 1.44 bits per heavy atom. The zero-order valence-electron chi connectivity index (χ0n) is 5.63. The molecule has 0 radical (unpaired) electrons. The highest BCUT2D eigenvalue weighted by Crippen LogP contribution is 1.79. The molecule has 2 heteroatoms. The van der Waals surface area contributed by atoms with E-state index >= 15 is 0 Å². The van der Waals surface area contributed by atoms with Gasteiger partial charge < -0.3 is 4.74 Å². The molecule has 0 aromatic carbocycles. The third kappa shape index (κ3) is 6.95. The molecule has 0 amide bonds. The summed E-state index contributed by atoms with van der Waals surface area (Å²) < 4.78 is 4.47. The molecule has 0 N–H and O–H groups in total. The van der Waals surface area contributed by atoms with Gasteiger partial charge in [0.15, 0.2) is 0 Å². The summed E-state index contributed by atoms with van der Waals surface area (Å²) in [4.78, 5) is 10.1. The van der Waals surface area contributed by atoms with Gasteiger partial charge in [-0.1, -0.05) is 12.2 Å². The third-order valence-corrected chi connectivity index (χ3v) is 0.616. The summed E-state index contributed by atoms with van der Waals surface area (Å²) in [7, 11) is 0. The lowest BCUT2D eigenvalue weighted by Gasteiger charge is -1.86. The number of hydrogen-bond donors (Lipinski definition) is 0. The van der Waals surface area contributed by atoms with Gasteiger partial charge in [0.1, 0.15) is 0 Å². The van der Waals surface area contributed by atoms with Crippen LogP contribution in [0.15, 0.2) is 24.5 Å². The maximum atomic E-state index is 10.1. The van der Waals surface area contributed by atoms with Crippen molar-refractivity contribution in [1.29, 1.82) is 0 Å². The van der Waals surface area contributed by atoms with Crippen LogP contribution in [-0.2, 0) is 9.53 Å². The highest BCUT2D eigenvalue weighted by molar-refractivity contribution is 5.66. The van der Waals surface area contributed by atoms with Crippen LogP contribution in [0.2, 0.25) is 0 Å². The van der Waals surface area contributed by atoms with Gasteiger partial charge in [-0.25, -0.2) is 0 Å². The van der Waals surface area contributed by atoms with Gasteiger partial charge in [0.2, 0.25) is 0 Å². The molecule has 0 aliphatic carbocycles. The quantitative estimate of drug-likeness (QED) is 0.319. The first-order chi connectivity index (χ1) is 4.27. The molecule has 0 aliphatic heterocycles. The molecule has 0 heterocycles. The Morgan fingerprint density at radius 3 is 2.56 bits per heavy atom. The van der Waals surface area contributed by atoms with Crippen molar-refractivity contribution < 1.29 is 9.53 Å². The van der Waals surface area contributed by atoms with Crippen LogP contribution in [0.3, 0.4) is 0 Å². The van der Waals surface area contributed by atoms with Gasteiger partial charge in [-0.3, -0.25) is 4.79 Å². The lowest BCUT2D eigenvalue weighted by atomic mass is 10.5. The standard InChI is InChI=1S/C7H10O2/c1-3-4-5-6-9-7(2)8/h3-6H,1-2H3. The van der Waals surface area contributed by atoms with Gasteiger partial charge in [-0.05, 0) is 13.0 Å². The fourth-order valence-corrected chi connectivity index (χ4v) is 0.292. The number of hydrogen-bond acceptors (Lipinski definition) is 2. The van der Waals surface area contributed by atoms with E-state index < -0.39 is 0 Å². The molecule has 0 spiro atoms. The molecule has 50 valence electrons. The molecule has 0 atom stereocenters. The first-order valence-electron chi connectivity index (χ1n) is 2.72. The molecule has 9 heavy (non-hydrogen) atoms. The molecular weight excluding hydrogens is 116 g/mol. The molecule has 2 nitrogen and oxygen atoms in total. The zero-order valence-corrected chi connectivity index (χ0v) is 5.63. The Morgan fingerprint density at radius 2 is 2.11 bits per heavy atom. The second-order valence-corrected chi connectivity index (χ2v) is 1.46. The van der Waals surface area contributed by atoms with Crippen LogP contribution in [0.25, 0.3) is 0 Å². The Balaban J connectivity index is 3.36. The summed E-state index contributed by atoms with van der Waals surface area (Å²) in [6.07, 6.45) is 6.63. The normalized spacial score (nSPS) is 10.9. The van der Waals surface area contributed by atoms with Crippen LogP contribution < -0.4 is 0 Å². The molecule has 0 saturated heterocycles. The summed E-state index contributed by atoms with van der Waals surface area (Å²) in [5.74, 6) is -0.296. The van der Waals surface area contributed by atoms with Crippen molar-refractivity contribution in [2.75, 3.05) is 0 Å². The molecule has 0 rings (SSSR count). The number of ether oxygens (including phenoxy) is 1. The number of rotatable bonds is 2. The smallest absolute Gasteiger partial charge is 0.307 e. The van der Waals surface area contributed by atoms with Gasteiger partial charge >= 0.3 is 5.97 Å². The topological polar surface area (TPSA) is 26.3 Å². The van der Waals surface area contributed by atoms with Crippen LogP contribution in [0, 0.1) is 0 Å². The highest BCUT2D eigenvalue weighted by Gasteiger charge is 1.81. The van der Waals surface area contributed by atoms with Crippen molar-refractivity contribution in [3.63, 3.8) is 0 Å². The van der Waals surface area contributed by atoms with Crippen LogP contribution in [0.1, 0.15) is 13.8 Å². The van der Waals surface area contributed by atoms with Gasteiger partial charge in [0.25, 0.3) is 0 Å². The predicted octanol–water partition coefficient (Wildman–Crippen LogP) is 1.64. The van der Waals surface area contributed by atoms with Crippen molar-refractivity contribution >= 4 is 5.97 Å². The molecule has 0 bridgehead atoms. The van der Waals surface area contributed by atoms with E-state index in [9.17, 15) is 4.79 Å². The van der Waals surface area contributed by atoms with Gasteiger partial charge in [-0.2, -0.15) is 0 Å². The van der Waals surface area contributed by atoms with Crippen molar-refractivity contribution in [2.45, 2.75) is 13.8 Å². The Bertz CT molecular complexity index is 134. The van der Waals surface area contributed by atoms with Gasteiger partial charge in [-0.15, -0.1) is 0 Å². The Hall–Kier alpha value is -1.05. The first kappa shape index (κ1) is 7.95. The molecule has 0 aromatic rings. The molecular formula is C7H10O2. The van der Waals surface area contributed by atoms with E-state index in [2.05, 4.69) is 4.74 Å². The zero-order chi connectivity index (χ0) is 7.11. The fourth-order valence-electron chi connectivity index (χ4n) is 0.292. The van der Waals surface area contributed by atoms with Crippen LogP contribution in [0.4, 0.5) is 0 Å². The number of allylic oxidation sites excluding steroid dienone is 3. The molecule has 0 aliphatic rings. The largest absolute Gasteiger partial charge is 0.435 e. The average Bonchev–Trinajstić information content (AvgIpc) is 1.80. The maximum Gasteiger partial charge on any atom is 0.307 e. The van der Waals surface area contributed by atoms with Crippen LogP contribution >= 0.6 is 0 Å². The van der Waals surface area contributed by atoms with E-state index in [0.29, 0.717) is 0 Å². The summed E-state index contributed by atoms with van der Waals surface area (Å²) >= 11 is 0. The van der Waals surface area contributed by atoms with Crippen molar-refractivity contribution in [3.8, 4) is 0 Å². The van der Waals surface area contributed by atoms with Crippen molar-refractivity contribution in [1.82, 2.24) is 0 Å². The third-order valence-electron chi connectivity index (χ3n) is 0.616. The van der Waals surface area contributed by atoms with Crippen LogP contribution in [-0.4, -0.2) is 5.97 Å². The van der Waals surface area contributed by atoms with E-state index in [0.717, 1.165) is 0 Å². The van der Waals surface area contributed by atoms with E-state index in [1.54, 1.807) is 12.2 Å². The maximum absolute atomic E-state index is 10.1. The monoisotopic (exact) mass is 126 g/mol. The van der Waals surface area contributed by atoms with Gasteiger partial charge in [0, 0.05) is 6.92 Å². The molecule has 0 unspecified atom stereocenters. The predicted molar refractivity (Wildman–Crippen MR) is 35.7 cm³/mol. The van der Waals surface area contributed by atoms with E-state index in [1.165, 1.54) is 13.2 Å². The summed E-state index contributed by atoms with van der Waals surface area (Å²) in [5.41, 5.74) is 0. The SMILES string of the molecule is CC=CC=COC(C)=O.